The first-order valence-corrected chi connectivity index (χ1v) is 10.7. The Bertz CT molecular complexity index is 1500. The van der Waals surface area contributed by atoms with Crippen LogP contribution in [0, 0.1) is 0 Å². The first-order valence-electron chi connectivity index (χ1n) is 8.70. The summed E-state index contributed by atoms with van der Waals surface area (Å²) in [5.41, 5.74) is 1.23. The molecule has 0 aliphatic heterocycles. The summed E-state index contributed by atoms with van der Waals surface area (Å²) < 4.78 is 7.58. The van der Waals surface area contributed by atoms with E-state index < -0.39 is 0 Å². The molecule has 3 heterocycles. The van der Waals surface area contributed by atoms with Gasteiger partial charge in [-0.05, 0) is 54.6 Å². The molecule has 0 fully saturated rings. The number of nitrogens with zero attached hydrogens (tertiary/aromatic N) is 3. The third-order valence-corrected chi connectivity index (χ3v) is 6.14. The Kier molecular flexibility index (Phi) is 4.87. The summed E-state index contributed by atoms with van der Waals surface area (Å²) in [4.78, 5) is 17.7. The third kappa shape index (κ3) is 3.52. The summed E-state index contributed by atoms with van der Waals surface area (Å²) >= 11 is 19.3. The molecule has 0 aliphatic rings. The lowest BCUT2D eigenvalue weighted by atomic mass is 10.2. The zero-order valence-electron chi connectivity index (χ0n) is 15.0. The van der Waals surface area contributed by atoms with E-state index in [0.29, 0.717) is 47.5 Å². The van der Waals surface area contributed by atoms with Crippen LogP contribution in [0.25, 0.3) is 33.7 Å². The fourth-order valence-electron chi connectivity index (χ4n) is 2.95. The number of hydrogen-bond donors (Lipinski definition) is 0. The molecule has 0 amide bonds. The van der Waals surface area contributed by atoms with Gasteiger partial charge in [-0.3, -0.25) is 4.79 Å². The molecule has 0 radical (unpaired) electrons. The van der Waals surface area contributed by atoms with E-state index in [0.717, 1.165) is 5.56 Å². The number of furan rings is 1. The molecule has 5 nitrogen and oxygen atoms in total. The van der Waals surface area contributed by atoms with E-state index in [1.165, 1.54) is 15.9 Å². The molecule has 0 saturated heterocycles. The maximum absolute atomic E-state index is 12.8. The smallest absolute Gasteiger partial charge is 0.291 e. The van der Waals surface area contributed by atoms with Crippen molar-refractivity contribution in [3.63, 3.8) is 0 Å². The SMILES string of the molecule is O=c1c(=Cc2ccc(-c3ccc(Cl)cc3)o2)sc2nc(-c3ccc(Cl)cc3Cl)nn12. The molecule has 0 saturated carbocycles. The second kappa shape index (κ2) is 7.56. The number of aromatic nitrogens is 3. The fraction of sp³-hybridized carbons (Fsp3) is 0. The van der Waals surface area contributed by atoms with Gasteiger partial charge in [0.1, 0.15) is 16.1 Å². The fourth-order valence-corrected chi connectivity index (χ4v) is 4.45. The first-order chi connectivity index (χ1) is 14.5. The molecule has 5 aromatic rings. The van der Waals surface area contributed by atoms with Crippen LogP contribution < -0.4 is 10.1 Å². The average Bonchev–Trinajstić information content (AvgIpc) is 3.41. The number of fused-ring (bicyclic) bond motifs is 1. The average molecular weight is 475 g/mol. The number of hydrogen-bond acceptors (Lipinski definition) is 5. The Morgan fingerprint density at radius 1 is 0.967 bits per heavy atom. The largest absolute Gasteiger partial charge is 0.457 e. The monoisotopic (exact) mass is 473 g/mol. The molecule has 0 unspecified atom stereocenters. The van der Waals surface area contributed by atoms with Crippen molar-refractivity contribution in [3.05, 3.63) is 90.3 Å². The van der Waals surface area contributed by atoms with Gasteiger partial charge < -0.3 is 4.42 Å². The molecule has 148 valence electrons. The normalized spacial score (nSPS) is 12.2. The van der Waals surface area contributed by atoms with Gasteiger partial charge in [0.05, 0.1) is 5.02 Å². The van der Waals surface area contributed by atoms with Crippen molar-refractivity contribution in [1.82, 2.24) is 14.6 Å². The van der Waals surface area contributed by atoms with Crippen molar-refractivity contribution in [3.8, 4) is 22.7 Å². The minimum Gasteiger partial charge on any atom is -0.457 e. The summed E-state index contributed by atoms with van der Waals surface area (Å²) in [6.45, 7) is 0. The molecule has 9 heteroatoms. The first kappa shape index (κ1) is 19.3. The van der Waals surface area contributed by atoms with Crippen LogP contribution in [0.1, 0.15) is 5.76 Å². The van der Waals surface area contributed by atoms with Crippen LogP contribution in [0.15, 0.2) is 63.8 Å². The van der Waals surface area contributed by atoms with Gasteiger partial charge in [0.2, 0.25) is 4.96 Å². The number of thiazole rings is 1. The van der Waals surface area contributed by atoms with Crippen LogP contribution in [0.5, 0.6) is 0 Å². The van der Waals surface area contributed by atoms with Crippen molar-refractivity contribution in [2.24, 2.45) is 0 Å². The molecule has 5 rings (SSSR count). The molecule has 0 aliphatic carbocycles. The van der Waals surface area contributed by atoms with Gasteiger partial charge in [0.25, 0.3) is 5.56 Å². The van der Waals surface area contributed by atoms with Crippen molar-refractivity contribution in [1.29, 1.82) is 0 Å². The van der Waals surface area contributed by atoms with E-state index in [1.807, 2.05) is 18.2 Å². The molecular formula is C21H10Cl3N3O2S. The second-order valence-electron chi connectivity index (χ2n) is 6.38. The van der Waals surface area contributed by atoms with Crippen LogP contribution >= 0.6 is 46.1 Å². The van der Waals surface area contributed by atoms with Crippen molar-refractivity contribution in [2.75, 3.05) is 0 Å². The summed E-state index contributed by atoms with van der Waals surface area (Å²) in [6, 6.07) is 16.0. The number of benzene rings is 2. The quantitative estimate of drug-likeness (QED) is 0.342. The van der Waals surface area contributed by atoms with Crippen LogP contribution in [-0.2, 0) is 0 Å². The Hall–Kier alpha value is -2.64. The topological polar surface area (TPSA) is 60.4 Å². The van der Waals surface area contributed by atoms with Gasteiger partial charge in [0, 0.05) is 27.2 Å². The predicted octanol–water partition coefficient (Wildman–Crippen LogP) is 5.59. The lowest BCUT2D eigenvalue weighted by Crippen LogP contribution is -2.23. The number of rotatable bonds is 3. The lowest BCUT2D eigenvalue weighted by molar-refractivity contribution is 0.571. The van der Waals surface area contributed by atoms with Crippen LogP contribution in [0.2, 0.25) is 15.1 Å². The zero-order valence-corrected chi connectivity index (χ0v) is 18.1. The summed E-state index contributed by atoms with van der Waals surface area (Å²) in [5, 5.41) is 5.90. The summed E-state index contributed by atoms with van der Waals surface area (Å²) in [6.07, 6.45) is 1.68. The molecule has 0 atom stereocenters. The molecule has 0 bridgehead atoms. The Balaban J connectivity index is 1.52. The van der Waals surface area contributed by atoms with Gasteiger partial charge >= 0.3 is 0 Å². The predicted molar refractivity (Wildman–Crippen MR) is 121 cm³/mol. The van der Waals surface area contributed by atoms with Gasteiger partial charge in [-0.25, -0.2) is 0 Å². The van der Waals surface area contributed by atoms with Gasteiger partial charge in [-0.15, -0.1) is 5.10 Å². The highest BCUT2D eigenvalue weighted by Gasteiger charge is 2.15. The summed E-state index contributed by atoms with van der Waals surface area (Å²) in [7, 11) is 0. The lowest BCUT2D eigenvalue weighted by Gasteiger charge is -1.98. The maximum Gasteiger partial charge on any atom is 0.291 e. The third-order valence-electron chi connectivity index (χ3n) is 4.38. The Morgan fingerprint density at radius 3 is 2.47 bits per heavy atom. The standard InChI is InChI=1S/C21H10Cl3N3O2S/c22-12-3-1-11(2-4-12)17-8-6-14(29-17)10-18-20(28)27-21(30-18)25-19(26-27)15-7-5-13(23)9-16(15)24/h1-10H. The minimum absolute atomic E-state index is 0.275. The Morgan fingerprint density at radius 2 is 1.73 bits per heavy atom. The van der Waals surface area contributed by atoms with E-state index in [4.69, 9.17) is 39.2 Å². The van der Waals surface area contributed by atoms with Gasteiger partial charge in [-0.1, -0.05) is 46.1 Å². The van der Waals surface area contributed by atoms with Gasteiger partial charge in [0.15, 0.2) is 5.82 Å². The highest BCUT2D eigenvalue weighted by Crippen LogP contribution is 2.28. The van der Waals surface area contributed by atoms with Crippen LogP contribution in [0.4, 0.5) is 0 Å². The van der Waals surface area contributed by atoms with E-state index in [2.05, 4.69) is 10.1 Å². The van der Waals surface area contributed by atoms with Crippen LogP contribution in [-0.4, -0.2) is 14.6 Å². The molecule has 2 aromatic carbocycles. The highest BCUT2D eigenvalue weighted by molar-refractivity contribution is 7.15. The van der Waals surface area contributed by atoms with Crippen molar-refractivity contribution < 1.29 is 4.42 Å². The summed E-state index contributed by atoms with van der Waals surface area (Å²) in [5.74, 6) is 1.61. The van der Waals surface area contributed by atoms with E-state index >= 15 is 0 Å². The van der Waals surface area contributed by atoms with E-state index in [1.54, 1.807) is 42.5 Å². The molecule has 3 aromatic heterocycles. The highest BCUT2D eigenvalue weighted by atomic mass is 35.5. The zero-order chi connectivity index (χ0) is 20.8. The molecule has 0 N–H and O–H groups in total. The molecule has 0 spiro atoms. The molecule has 30 heavy (non-hydrogen) atoms. The van der Waals surface area contributed by atoms with Crippen LogP contribution in [0.3, 0.4) is 0 Å². The van der Waals surface area contributed by atoms with Crippen molar-refractivity contribution >= 4 is 57.2 Å². The minimum atomic E-state index is -0.275. The van der Waals surface area contributed by atoms with Crippen molar-refractivity contribution in [2.45, 2.75) is 0 Å². The Labute approximate surface area is 188 Å². The van der Waals surface area contributed by atoms with E-state index in [-0.39, 0.29) is 5.56 Å². The maximum atomic E-state index is 12.8. The second-order valence-corrected chi connectivity index (χ2v) is 8.67. The van der Waals surface area contributed by atoms with E-state index in [9.17, 15) is 4.79 Å². The van der Waals surface area contributed by atoms with Gasteiger partial charge in [-0.2, -0.15) is 9.50 Å². The number of halogens is 3. The molecular weight excluding hydrogens is 465 g/mol.